The summed E-state index contributed by atoms with van der Waals surface area (Å²) in [5.74, 6) is -0.471. The number of rotatable bonds is 10. The number of nitrogens with one attached hydrogen (secondary N) is 1. The lowest BCUT2D eigenvalue weighted by Gasteiger charge is -2.29. The van der Waals surface area contributed by atoms with Crippen LogP contribution in [0.4, 0.5) is 0 Å². The SMILES string of the molecule is CCCOc1ccc(C([O-])=C2C(=O)C(=O)N(CCC[NH+]3CCOCC3)C2c2ccc(OC)cc2)cc1. The topological polar surface area (TPSA) is 92.6 Å². The molecule has 8 nitrogen and oxygen atoms in total. The molecule has 2 saturated heterocycles. The van der Waals surface area contributed by atoms with Crippen molar-refractivity contribution in [2.75, 3.05) is 53.1 Å². The van der Waals surface area contributed by atoms with E-state index in [-0.39, 0.29) is 5.57 Å². The van der Waals surface area contributed by atoms with Gasteiger partial charge in [-0.05, 0) is 41.8 Å². The molecule has 1 amide bonds. The first-order valence-electron chi connectivity index (χ1n) is 12.6. The maximum Gasteiger partial charge on any atom is 0.295 e. The number of carbonyl (C=O) groups is 2. The van der Waals surface area contributed by atoms with Crippen LogP contribution in [0.25, 0.3) is 5.76 Å². The molecule has 8 heteroatoms. The number of ether oxygens (including phenoxy) is 3. The first-order chi connectivity index (χ1) is 17.5. The van der Waals surface area contributed by atoms with Gasteiger partial charge >= 0.3 is 0 Å². The summed E-state index contributed by atoms with van der Waals surface area (Å²) in [4.78, 5) is 29.3. The van der Waals surface area contributed by atoms with Crippen molar-refractivity contribution in [2.45, 2.75) is 25.8 Å². The van der Waals surface area contributed by atoms with Gasteiger partial charge in [-0.25, -0.2) is 0 Å². The zero-order valence-corrected chi connectivity index (χ0v) is 21.0. The van der Waals surface area contributed by atoms with Crippen LogP contribution in [0.15, 0.2) is 54.1 Å². The highest BCUT2D eigenvalue weighted by Crippen LogP contribution is 2.39. The lowest BCUT2D eigenvalue weighted by molar-refractivity contribution is -0.908. The monoisotopic (exact) mass is 494 g/mol. The molecule has 1 atom stereocenters. The van der Waals surface area contributed by atoms with Gasteiger partial charge in [-0.3, -0.25) is 9.59 Å². The number of methoxy groups -OCH3 is 1. The van der Waals surface area contributed by atoms with Crippen LogP contribution < -0.4 is 19.5 Å². The fourth-order valence-corrected chi connectivity index (χ4v) is 4.72. The molecule has 36 heavy (non-hydrogen) atoms. The average Bonchev–Trinajstić information content (AvgIpc) is 3.17. The zero-order chi connectivity index (χ0) is 25.5. The highest BCUT2D eigenvalue weighted by atomic mass is 16.5. The summed E-state index contributed by atoms with van der Waals surface area (Å²) in [6, 6.07) is 13.2. The lowest BCUT2D eigenvalue weighted by atomic mass is 9.95. The summed E-state index contributed by atoms with van der Waals surface area (Å²) in [5, 5.41) is 13.6. The van der Waals surface area contributed by atoms with Crippen LogP contribution in [0.5, 0.6) is 11.5 Å². The van der Waals surface area contributed by atoms with Gasteiger partial charge in [-0.15, -0.1) is 0 Å². The van der Waals surface area contributed by atoms with Crippen molar-refractivity contribution >= 4 is 17.4 Å². The molecule has 0 radical (unpaired) electrons. The van der Waals surface area contributed by atoms with Gasteiger partial charge in [0, 0.05) is 18.5 Å². The molecule has 0 saturated carbocycles. The number of ketones is 1. The van der Waals surface area contributed by atoms with E-state index < -0.39 is 23.5 Å². The minimum Gasteiger partial charge on any atom is -0.872 e. The van der Waals surface area contributed by atoms with E-state index >= 15 is 0 Å². The quantitative estimate of drug-likeness (QED) is 0.301. The van der Waals surface area contributed by atoms with Gasteiger partial charge in [0.05, 0.1) is 39.5 Å². The fourth-order valence-electron chi connectivity index (χ4n) is 4.72. The molecule has 0 bridgehead atoms. The van der Waals surface area contributed by atoms with Crippen LogP contribution in [0, 0.1) is 0 Å². The molecule has 2 heterocycles. The first kappa shape index (κ1) is 25.7. The molecule has 2 aliphatic rings. The maximum absolute atomic E-state index is 13.6. The second-order valence-electron chi connectivity index (χ2n) is 9.08. The molecular formula is C28H34N2O6. The highest BCUT2D eigenvalue weighted by Gasteiger charge is 2.44. The Hall–Kier alpha value is -3.36. The predicted molar refractivity (Wildman–Crippen MR) is 133 cm³/mol. The summed E-state index contributed by atoms with van der Waals surface area (Å²) in [5.41, 5.74) is 1.05. The molecule has 2 aromatic rings. The number of morpholine rings is 1. The van der Waals surface area contributed by atoms with Crippen molar-refractivity contribution in [2.24, 2.45) is 0 Å². The van der Waals surface area contributed by atoms with Crippen molar-refractivity contribution < 1.29 is 33.8 Å². The van der Waals surface area contributed by atoms with E-state index in [4.69, 9.17) is 14.2 Å². The number of Topliss-reactive ketones (excluding diaryl/α,β-unsaturated/α-hetero) is 1. The summed E-state index contributed by atoms with van der Waals surface area (Å²) < 4.78 is 16.3. The van der Waals surface area contributed by atoms with E-state index in [1.54, 1.807) is 48.4 Å². The Balaban J connectivity index is 1.63. The van der Waals surface area contributed by atoms with Gasteiger partial charge in [0.25, 0.3) is 5.91 Å². The molecule has 192 valence electrons. The van der Waals surface area contributed by atoms with E-state index in [1.165, 1.54) is 4.90 Å². The number of amides is 1. The smallest absolute Gasteiger partial charge is 0.295 e. The lowest BCUT2D eigenvalue weighted by Crippen LogP contribution is -3.14. The van der Waals surface area contributed by atoms with Crippen LogP contribution >= 0.6 is 0 Å². The Kier molecular flexibility index (Phi) is 8.61. The maximum atomic E-state index is 13.6. The number of hydrogen-bond donors (Lipinski definition) is 1. The number of nitrogens with zero attached hydrogens (tertiary/aromatic N) is 1. The van der Waals surface area contributed by atoms with E-state index in [2.05, 4.69) is 0 Å². The van der Waals surface area contributed by atoms with Gasteiger partial charge in [0.1, 0.15) is 24.6 Å². The van der Waals surface area contributed by atoms with Gasteiger partial charge in [-0.2, -0.15) is 0 Å². The predicted octanol–water partition coefficient (Wildman–Crippen LogP) is 1.01. The molecule has 0 spiro atoms. The van der Waals surface area contributed by atoms with Gasteiger partial charge < -0.3 is 29.1 Å². The Labute approximate surface area is 212 Å². The van der Waals surface area contributed by atoms with Crippen LogP contribution in [-0.2, 0) is 14.3 Å². The van der Waals surface area contributed by atoms with Gasteiger partial charge in [0.15, 0.2) is 0 Å². The number of quaternary nitrogens is 1. The normalized spacial score (nSPS) is 20.1. The molecule has 1 unspecified atom stereocenters. The summed E-state index contributed by atoms with van der Waals surface area (Å²) in [6.45, 7) is 7.21. The Morgan fingerprint density at radius 1 is 1.06 bits per heavy atom. The van der Waals surface area contributed by atoms with Crippen molar-refractivity contribution in [3.05, 3.63) is 65.2 Å². The number of benzene rings is 2. The largest absolute Gasteiger partial charge is 0.872 e. The second kappa shape index (κ2) is 12.1. The highest BCUT2D eigenvalue weighted by molar-refractivity contribution is 6.46. The molecule has 4 rings (SSSR count). The van der Waals surface area contributed by atoms with Gasteiger partial charge in [0.2, 0.25) is 5.78 Å². The molecule has 2 aliphatic heterocycles. The first-order valence-corrected chi connectivity index (χ1v) is 12.6. The van der Waals surface area contributed by atoms with Crippen LogP contribution in [0.1, 0.15) is 36.9 Å². The zero-order valence-electron chi connectivity index (χ0n) is 21.0. The van der Waals surface area contributed by atoms with Crippen molar-refractivity contribution in [3.8, 4) is 11.5 Å². The molecule has 2 fully saturated rings. The number of likely N-dealkylation sites (tertiary alicyclic amines) is 1. The summed E-state index contributed by atoms with van der Waals surface area (Å²) in [7, 11) is 1.58. The van der Waals surface area contributed by atoms with Crippen molar-refractivity contribution in [1.82, 2.24) is 4.90 Å². The number of hydrogen-bond acceptors (Lipinski definition) is 6. The third kappa shape index (κ3) is 5.71. The molecule has 0 aliphatic carbocycles. The van der Waals surface area contributed by atoms with Crippen LogP contribution in [-0.4, -0.2) is 69.7 Å². The second-order valence-corrected chi connectivity index (χ2v) is 9.08. The van der Waals surface area contributed by atoms with Crippen molar-refractivity contribution in [1.29, 1.82) is 0 Å². The Morgan fingerprint density at radius 3 is 2.36 bits per heavy atom. The Bertz CT molecular complexity index is 1070. The molecule has 2 aromatic carbocycles. The van der Waals surface area contributed by atoms with Crippen LogP contribution in [0.2, 0.25) is 0 Å². The summed E-state index contributed by atoms with van der Waals surface area (Å²) in [6.07, 6.45) is 1.60. The van der Waals surface area contributed by atoms with E-state index in [1.807, 2.05) is 19.1 Å². The third-order valence-corrected chi connectivity index (χ3v) is 6.68. The van der Waals surface area contributed by atoms with E-state index in [9.17, 15) is 14.7 Å². The van der Waals surface area contributed by atoms with E-state index in [0.717, 1.165) is 45.7 Å². The molecule has 1 N–H and O–H groups in total. The number of carbonyl (C=O) groups excluding carboxylic acids is 2. The summed E-state index contributed by atoms with van der Waals surface area (Å²) >= 11 is 0. The Morgan fingerprint density at radius 2 is 1.72 bits per heavy atom. The minimum absolute atomic E-state index is 0.00823. The third-order valence-electron chi connectivity index (χ3n) is 6.68. The fraction of sp³-hybridized carbons (Fsp3) is 0.429. The van der Waals surface area contributed by atoms with E-state index in [0.29, 0.717) is 35.8 Å². The van der Waals surface area contributed by atoms with Crippen LogP contribution in [0.3, 0.4) is 0 Å². The molecular weight excluding hydrogens is 460 g/mol. The average molecular weight is 495 g/mol. The standard InChI is InChI=1S/C28H34N2O6/c1-3-17-36-23-11-7-21(8-12-23)26(31)24-25(20-5-9-22(34-2)10-6-20)30(28(33)27(24)32)14-4-13-29-15-18-35-19-16-29/h5-12,25,31H,3-4,13-19H2,1-2H3. The van der Waals surface area contributed by atoms with Crippen molar-refractivity contribution in [3.63, 3.8) is 0 Å². The minimum atomic E-state index is -0.737. The molecule has 0 aromatic heterocycles. The van der Waals surface area contributed by atoms with Gasteiger partial charge in [-0.1, -0.05) is 36.9 Å².